The lowest BCUT2D eigenvalue weighted by atomic mass is 9.96. The fourth-order valence-corrected chi connectivity index (χ4v) is 3.29. The van der Waals surface area contributed by atoms with Crippen LogP contribution in [0.4, 0.5) is 0 Å². The molecule has 0 radical (unpaired) electrons. The van der Waals surface area contributed by atoms with Gasteiger partial charge in [0.1, 0.15) is 17.2 Å². The summed E-state index contributed by atoms with van der Waals surface area (Å²) in [5, 5.41) is 2.85. The van der Waals surface area contributed by atoms with Crippen LogP contribution in [0.5, 0.6) is 17.2 Å². The Kier molecular flexibility index (Phi) is 7.11. The molecule has 154 valence electrons. The number of amides is 2. The van der Waals surface area contributed by atoms with Gasteiger partial charge in [0.25, 0.3) is 5.91 Å². The molecule has 3 rings (SSSR count). The van der Waals surface area contributed by atoms with Crippen molar-refractivity contribution in [1.82, 2.24) is 10.2 Å². The summed E-state index contributed by atoms with van der Waals surface area (Å²) in [5.74, 6) is 2.13. The standard InChI is InChI=1S/C23H28N2O4/c1-3-24-23(27)18-12-14-25(15-13-18)22(26)16-28-19-8-10-21(11-9-19)29-20-6-4-17(2)5-7-20/h4-11,18H,3,12-16H2,1-2H3,(H,24,27). The Bertz CT molecular complexity index is 810. The minimum Gasteiger partial charge on any atom is -0.484 e. The second-order valence-corrected chi connectivity index (χ2v) is 7.22. The molecule has 2 amide bonds. The van der Waals surface area contributed by atoms with Crippen LogP contribution in [0.1, 0.15) is 25.3 Å². The van der Waals surface area contributed by atoms with E-state index in [1.165, 1.54) is 5.56 Å². The largest absolute Gasteiger partial charge is 0.484 e. The second-order valence-electron chi connectivity index (χ2n) is 7.22. The highest BCUT2D eigenvalue weighted by molar-refractivity contribution is 5.80. The number of ether oxygens (including phenoxy) is 2. The quantitative estimate of drug-likeness (QED) is 0.777. The molecule has 1 aliphatic heterocycles. The number of rotatable bonds is 7. The molecule has 1 heterocycles. The number of benzene rings is 2. The number of aryl methyl sites for hydroxylation is 1. The molecule has 2 aromatic carbocycles. The second kappa shape index (κ2) is 9.96. The third-order valence-corrected chi connectivity index (χ3v) is 5.01. The zero-order chi connectivity index (χ0) is 20.6. The maximum absolute atomic E-state index is 12.4. The van der Waals surface area contributed by atoms with E-state index in [0.29, 0.717) is 44.0 Å². The third kappa shape index (κ3) is 5.98. The molecule has 2 aromatic rings. The number of hydrogen-bond donors (Lipinski definition) is 1. The van der Waals surface area contributed by atoms with E-state index in [1.807, 2.05) is 50.2 Å². The fraction of sp³-hybridized carbons (Fsp3) is 0.391. The zero-order valence-electron chi connectivity index (χ0n) is 17.0. The maximum Gasteiger partial charge on any atom is 0.260 e. The molecule has 0 aliphatic carbocycles. The van der Waals surface area contributed by atoms with E-state index in [4.69, 9.17) is 9.47 Å². The van der Waals surface area contributed by atoms with Crippen LogP contribution < -0.4 is 14.8 Å². The molecule has 0 spiro atoms. The first-order valence-corrected chi connectivity index (χ1v) is 10.1. The summed E-state index contributed by atoms with van der Waals surface area (Å²) in [6.45, 7) is 5.75. The molecular weight excluding hydrogens is 368 g/mol. The van der Waals surface area contributed by atoms with Crippen molar-refractivity contribution in [3.8, 4) is 17.2 Å². The smallest absolute Gasteiger partial charge is 0.260 e. The van der Waals surface area contributed by atoms with Crippen molar-refractivity contribution in [1.29, 1.82) is 0 Å². The van der Waals surface area contributed by atoms with Crippen LogP contribution in [0.2, 0.25) is 0 Å². The van der Waals surface area contributed by atoms with Gasteiger partial charge in [-0.25, -0.2) is 0 Å². The molecule has 0 saturated carbocycles. The first-order valence-electron chi connectivity index (χ1n) is 10.1. The Morgan fingerprint density at radius 1 is 0.966 bits per heavy atom. The molecule has 0 bridgehead atoms. The Morgan fingerprint density at radius 2 is 1.52 bits per heavy atom. The number of hydrogen-bond acceptors (Lipinski definition) is 4. The lowest BCUT2D eigenvalue weighted by molar-refractivity contribution is -0.137. The van der Waals surface area contributed by atoms with Crippen LogP contribution in [-0.4, -0.2) is 43.0 Å². The average molecular weight is 396 g/mol. The first-order chi connectivity index (χ1) is 14.0. The predicted octanol–water partition coefficient (Wildman–Crippen LogP) is 3.54. The summed E-state index contributed by atoms with van der Waals surface area (Å²) in [6, 6.07) is 15.1. The number of nitrogens with zero attached hydrogens (tertiary/aromatic N) is 1. The van der Waals surface area contributed by atoms with E-state index in [2.05, 4.69) is 5.32 Å². The van der Waals surface area contributed by atoms with Gasteiger partial charge in [-0.15, -0.1) is 0 Å². The molecular formula is C23H28N2O4. The first kappa shape index (κ1) is 20.7. The van der Waals surface area contributed by atoms with Gasteiger partial charge in [-0.05, 0) is 63.1 Å². The maximum atomic E-state index is 12.4. The molecule has 1 saturated heterocycles. The van der Waals surface area contributed by atoms with Crippen molar-refractivity contribution in [2.24, 2.45) is 5.92 Å². The van der Waals surface area contributed by atoms with Gasteiger partial charge in [0, 0.05) is 25.6 Å². The molecule has 1 fully saturated rings. The zero-order valence-corrected chi connectivity index (χ0v) is 17.0. The molecule has 1 N–H and O–H groups in total. The summed E-state index contributed by atoms with van der Waals surface area (Å²) in [7, 11) is 0. The van der Waals surface area contributed by atoms with E-state index < -0.39 is 0 Å². The van der Waals surface area contributed by atoms with Crippen LogP contribution in [0, 0.1) is 12.8 Å². The fourth-order valence-electron chi connectivity index (χ4n) is 3.29. The highest BCUT2D eigenvalue weighted by Crippen LogP contribution is 2.24. The van der Waals surface area contributed by atoms with Crippen molar-refractivity contribution in [3.63, 3.8) is 0 Å². The Morgan fingerprint density at radius 3 is 2.10 bits per heavy atom. The topological polar surface area (TPSA) is 67.9 Å². The monoisotopic (exact) mass is 396 g/mol. The van der Waals surface area contributed by atoms with E-state index in [-0.39, 0.29) is 24.3 Å². The summed E-state index contributed by atoms with van der Waals surface area (Å²) in [5.41, 5.74) is 1.18. The van der Waals surface area contributed by atoms with Crippen LogP contribution in [0.3, 0.4) is 0 Å². The van der Waals surface area contributed by atoms with Crippen LogP contribution >= 0.6 is 0 Å². The SMILES string of the molecule is CCNC(=O)C1CCN(C(=O)COc2ccc(Oc3ccc(C)cc3)cc2)CC1. The van der Waals surface area contributed by atoms with E-state index in [9.17, 15) is 9.59 Å². The molecule has 6 heteroatoms. The van der Waals surface area contributed by atoms with Gasteiger partial charge in [0.05, 0.1) is 0 Å². The van der Waals surface area contributed by atoms with E-state index in [0.717, 1.165) is 5.75 Å². The molecule has 0 unspecified atom stereocenters. The Hall–Kier alpha value is -3.02. The lowest BCUT2D eigenvalue weighted by Gasteiger charge is -2.31. The van der Waals surface area contributed by atoms with Gasteiger partial charge in [-0.2, -0.15) is 0 Å². The minimum atomic E-state index is -0.0562. The number of likely N-dealkylation sites (tertiary alicyclic amines) is 1. The van der Waals surface area contributed by atoms with Crippen molar-refractivity contribution in [2.45, 2.75) is 26.7 Å². The van der Waals surface area contributed by atoms with Gasteiger partial charge in [0.2, 0.25) is 5.91 Å². The van der Waals surface area contributed by atoms with Gasteiger partial charge in [-0.1, -0.05) is 17.7 Å². The normalized spacial score (nSPS) is 14.3. The molecule has 0 aromatic heterocycles. The summed E-state index contributed by atoms with van der Waals surface area (Å²) < 4.78 is 11.4. The van der Waals surface area contributed by atoms with Gasteiger partial charge < -0.3 is 19.7 Å². The number of nitrogens with one attached hydrogen (secondary N) is 1. The number of carbonyl (C=O) groups is 2. The predicted molar refractivity (Wildman–Crippen MR) is 111 cm³/mol. The number of carbonyl (C=O) groups excluding carboxylic acids is 2. The molecule has 0 atom stereocenters. The molecule has 1 aliphatic rings. The molecule has 29 heavy (non-hydrogen) atoms. The van der Waals surface area contributed by atoms with Crippen molar-refractivity contribution in [2.75, 3.05) is 26.2 Å². The summed E-state index contributed by atoms with van der Waals surface area (Å²) in [6.07, 6.45) is 1.39. The summed E-state index contributed by atoms with van der Waals surface area (Å²) in [4.78, 5) is 26.0. The van der Waals surface area contributed by atoms with E-state index >= 15 is 0 Å². The highest BCUT2D eigenvalue weighted by atomic mass is 16.5. The van der Waals surface area contributed by atoms with Gasteiger partial charge in [-0.3, -0.25) is 9.59 Å². The molecule has 6 nitrogen and oxygen atoms in total. The Labute approximate surface area is 171 Å². The van der Waals surface area contributed by atoms with Crippen LogP contribution in [0.15, 0.2) is 48.5 Å². The van der Waals surface area contributed by atoms with Crippen LogP contribution in [-0.2, 0) is 9.59 Å². The van der Waals surface area contributed by atoms with Gasteiger partial charge in [0.15, 0.2) is 6.61 Å². The highest BCUT2D eigenvalue weighted by Gasteiger charge is 2.27. The summed E-state index contributed by atoms with van der Waals surface area (Å²) >= 11 is 0. The van der Waals surface area contributed by atoms with Crippen LogP contribution in [0.25, 0.3) is 0 Å². The van der Waals surface area contributed by atoms with Crippen molar-refractivity contribution >= 4 is 11.8 Å². The lowest BCUT2D eigenvalue weighted by Crippen LogP contribution is -2.44. The van der Waals surface area contributed by atoms with E-state index in [1.54, 1.807) is 17.0 Å². The third-order valence-electron chi connectivity index (χ3n) is 5.01. The van der Waals surface area contributed by atoms with Crippen molar-refractivity contribution < 1.29 is 19.1 Å². The van der Waals surface area contributed by atoms with Crippen molar-refractivity contribution in [3.05, 3.63) is 54.1 Å². The average Bonchev–Trinajstić information content (AvgIpc) is 2.75. The number of piperidine rings is 1. The Balaban J connectivity index is 1.43. The van der Waals surface area contributed by atoms with Gasteiger partial charge >= 0.3 is 0 Å². The minimum absolute atomic E-state index is 0.000919.